The quantitative estimate of drug-likeness (QED) is 0.719. The van der Waals surface area contributed by atoms with E-state index < -0.39 is 15.9 Å². The predicted molar refractivity (Wildman–Crippen MR) is 100 cm³/mol. The van der Waals surface area contributed by atoms with E-state index in [2.05, 4.69) is 6.92 Å². The molecule has 0 radical (unpaired) electrons. The van der Waals surface area contributed by atoms with E-state index in [1.807, 2.05) is 12.1 Å². The highest BCUT2D eigenvalue weighted by molar-refractivity contribution is 7.89. The van der Waals surface area contributed by atoms with Crippen molar-refractivity contribution in [1.29, 1.82) is 10.5 Å². The van der Waals surface area contributed by atoms with Crippen molar-refractivity contribution in [2.45, 2.75) is 38.5 Å². The van der Waals surface area contributed by atoms with Crippen LogP contribution in [0.15, 0.2) is 17.0 Å². The van der Waals surface area contributed by atoms with Gasteiger partial charge in [-0.2, -0.15) is 14.8 Å². The molecule has 0 aliphatic carbocycles. The van der Waals surface area contributed by atoms with E-state index in [-0.39, 0.29) is 23.5 Å². The molecule has 1 amide bonds. The molecular weight excluding hydrogens is 364 g/mol. The standard InChI is InChI=1S/C19H24N4O3S/c1-14-4-8-23(9-5-14)27(25,26)18-13-17(12-15(2)16(18)3)19(24)22(10-6-20)11-7-21/h12-14H,4-5,8-11H2,1-3H3. The van der Waals surface area contributed by atoms with Crippen molar-refractivity contribution < 1.29 is 13.2 Å². The highest BCUT2D eigenvalue weighted by Crippen LogP contribution is 2.28. The van der Waals surface area contributed by atoms with Crippen molar-refractivity contribution in [1.82, 2.24) is 9.21 Å². The Morgan fingerprint density at radius 1 is 1.19 bits per heavy atom. The summed E-state index contributed by atoms with van der Waals surface area (Å²) in [5.41, 5.74) is 1.46. The van der Waals surface area contributed by atoms with Gasteiger partial charge in [-0.15, -0.1) is 0 Å². The maximum Gasteiger partial charge on any atom is 0.255 e. The largest absolute Gasteiger partial charge is 0.312 e. The molecule has 2 rings (SSSR count). The summed E-state index contributed by atoms with van der Waals surface area (Å²) in [5.74, 6) is -0.0253. The van der Waals surface area contributed by atoms with Crippen LogP contribution in [0.1, 0.15) is 41.3 Å². The summed E-state index contributed by atoms with van der Waals surface area (Å²) >= 11 is 0. The average Bonchev–Trinajstić information content (AvgIpc) is 2.63. The lowest BCUT2D eigenvalue weighted by Crippen LogP contribution is -2.38. The number of hydrogen-bond donors (Lipinski definition) is 0. The van der Waals surface area contributed by atoms with Crippen molar-refractivity contribution in [2.24, 2.45) is 5.92 Å². The number of nitriles is 2. The number of aryl methyl sites for hydroxylation is 1. The molecule has 1 heterocycles. The maximum absolute atomic E-state index is 13.2. The number of amides is 1. The van der Waals surface area contributed by atoms with Gasteiger partial charge in [-0.1, -0.05) is 6.92 Å². The normalized spacial score (nSPS) is 15.7. The van der Waals surface area contributed by atoms with Crippen LogP contribution in [0.3, 0.4) is 0 Å². The maximum atomic E-state index is 13.2. The lowest BCUT2D eigenvalue weighted by Gasteiger charge is -2.30. The van der Waals surface area contributed by atoms with Crippen LogP contribution in [0.25, 0.3) is 0 Å². The molecule has 0 unspecified atom stereocenters. The minimum Gasteiger partial charge on any atom is -0.312 e. The molecule has 144 valence electrons. The van der Waals surface area contributed by atoms with Crippen molar-refractivity contribution in [3.8, 4) is 12.1 Å². The van der Waals surface area contributed by atoms with Gasteiger partial charge in [0.05, 0.1) is 17.0 Å². The molecule has 1 aliphatic rings. The molecule has 8 heteroatoms. The zero-order valence-electron chi connectivity index (χ0n) is 15.9. The zero-order valence-corrected chi connectivity index (χ0v) is 16.7. The van der Waals surface area contributed by atoms with Gasteiger partial charge in [0.1, 0.15) is 13.1 Å². The predicted octanol–water partition coefficient (Wildman–Crippen LogP) is 2.21. The molecule has 0 saturated carbocycles. The highest BCUT2D eigenvalue weighted by Gasteiger charge is 2.31. The van der Waals surface area contributed by atoms with Crippen LogP contribution >= 0.6 is 0 Å². The lowest BCUT2D eigenvalue weighted by molar-refractivity contribution is 0.0794. The van der Waals surface area contributed by atoms with Crippen LogP contribution in [-0.4, -0.2) is 49.7 Å². The first-order valence-corrected chi connectivity index (χ1v) is 10.3. The summed E-state index contributed by atoms with van der Waals surface area (Å²) in [6, 6.07) is 6.70. The summed E-state index contributed by atoms with van der Waals surface area (Å²) < 4.78 is 27.8. The smallest absolute Gasteiger partial charge is 0.255 e. The van der Waals surface area contributed by atoms with Crippen LogP contribution in [0.5, 0.6) is 0 Å². The summed E-state index contributed by atoms with van der Waals surface area (Å²) in [7, 11) is -3.71. The van der Waals surface area contributed by atoms with Crippen LogP contribution < -0.4 is 0 Å². The Bertz CT molecular complexity index is 888. The monoisotopic (exact) mass is 388 g/mol. The zero-order chi connectivity index (χ0) is 20.2. The molecule has 0 bridgehead atoms. The Kier molecular flexibility index (Phi) is 6.59. The molecule has 0 spiro atoms. The Morgan fingerprint density at radius 2 is 1.74 bits per heavy atom. The summed E-state index contributed by atoms with van der Waals surface area (Å²) in [5, 5.41) is 17.8. The van der Waals surface area contributed by atoms with Gasteiger partial charge in [0.15, 0.2) is 0 Å². The van der Waals surface area contributed by atoms with Crippen LogP contribution in [-0.2, 0) is 10.0 Å². The topological polar surface area (TPSA) is 105 Å². The lowest BCUT2D eigenvalue weighted by atomic mass is 10.0. The number of carbonyl (C=O) groups excluding carboxylic acids is 1. The molecule has 7 nitrogen and oxygen atoms in total. The molecule has 0 N–H and O–H groups in total. The summed E-state index contributed by atoms with van der Waals surface area (Å²) in [4.78, 5) is 13.9. The van der Waals surface area contributed by atoms with Crippen molar-refractivity contribution in [3.63, 3.8) is 0 Å². The Balaban J connectivity index is 2.45. The molecule has 1 fully saturated rings. The van der Waals surface area contributed by atoms with E-state index in [0.717, 1.165) is 17.7 Å². The summed E-state index contributed by atoms with van der Waals surface area (Å²) in [6.45, 7) is 6.06. The van der Waals surface area contributed by atoms with Gasteiger partial charge in [0.2, 0.25) is 10.0 Å². The van der Waals surface area contributed by atoms with Gasteiger partial charge in [-0.05, 0) is 55.9 Å². The van der Waals surface area contributed by atoms with Gasteiger partial charge < -0.3 is 4.90 Å². The minimum absolute atomic E-state index is 0.120. The first-order valence-electron chi connectivity index (χ1n) is 8.87. The Hall–Kier alpha value is -2.42. The van der Waals surface area contributed by atoms with Gasteiger partial charge in [0, 0.05) is 18.7 Å². The molecular formula is C19H24N4O3S. The van der Waals surface area contributed by atoms with Crippen LogP contribution in [0, 0.1) is 42.4 Å². The van der Waals surface area contributed by atoms with E-state index in [1.165, 1.54) is 10.4 Å². The van der Waals surface area contributed by atoms with Crippen LogP contribution in [0.4, 0.5) is 0 Å². The third kappa shape index (κ3) is 4.47. The van der Waals surface area contributed by atoms with E-state index in [0.29, 0.717) is 30.1 Å². The molecule has 1 aromatic rings. The summed E-state index contributed by atoms with van der Waals surface area (Å²) in [6.07, 6.45) is 1.63. The van der Waals surface area contributed by atoms with Crippen LogP contribution in [0.2, 0.25) is 0 Å². The Labute approximate surface area is 160 Å². The molecule has 0 atom stereocenters. The fourth-order valence-corrected chi connectivity index (χ4v) is 4.93. The number of rotatable bonds is 5. The van der Waals surface area contributed by atoms with E-state index >= 15 is 0 Å². The first kappa shape index (κ1) is 20.9. The average molecular weight is 388 g/mol. The number of carbonyl (C=O) groups is 1. The SMILES string of the molecule is Cc1cc(C(=O)N(CC#N)CC#N)cc(S(=O)(=O)N2CCC(C)CC2)c1C. The minimum atomic E-state index is -3.71. The second-order valence-electron chi connectivity index (χ2n) is 6.98. The van der Waals surface area contributed by atoms with Gasteiger partial charge in [-0.3, -0.25) is 4.79 Å². The third-order valence-corrected chi connectivity index (χ3v) is 7.06. The number of nitrogens with zero attached hydrogens (tertiary/aromatic N) is 4. The van der Waals surface area contributed by atoms with E-state index in [1.54, 1.807) is 19.9 Å². The second kappa shape index (κ2) is 8.51. The van der Waals surface area contributed by atoms with E-state index in [9.17, 15) is 13.2 Å². The molecule has 1 aromatic carbocycles. The molecule has 27 heavy (non-hydrogen) atoms. The Morgan fingerprint density at radius 3 is 2.26 bits per heavy atom. The number of sulfonamides is 1. The van der Waals surface area contributed by atoms with Gasteiger partial charge in [-0.25, -0.2) is 8.42 Å². The number of piperidine rings is 1. The van der Waals surface area contributed by atoms with Gasteiger partial charge >= 0.3 is 0 Å². The highest BCUT2D eigenvalue weighted by atomic mass is 32.2. The second-order valence-corrected chi connectivity index (χ2v) is 8.89. The third-order valence-electron chi connectivity index (χ3n) is 5.04. The fourth-order valence-electron chi connectivity index (χ4n) is 3.14. The molecule has 1 saturated heterocycles. The fraction of sp³-hybridized carbons (Fsp3) is 0.526. The number of hydrogen-bond acceptors (Lipinski definition) is 5. The van der Waals surface area contributed by atoms with Gasteiger partial charge in [0.25, 0.3) is 5.91 Å². The molecule has 0 aromatic heterocycles. The van der Waals surface area contributed by atoms with Crippen molar-refractivity contribution in [3.05, 3.63) is 28.8 Å². The molecule has 1 aliphatic heterocycles. The number of benzene rings is 1. The first-order chi connectivity index (χ1) is 12.7. The van der Waals surface area contributed by atoms with E-state index in [4.69, 9.17) is 10.5 Å². The van der Waals surface area contributed by atoms with Crippen molar-refractivity contribution in [2.75, 3.05) is 26.2 Å². The van der Waals surface area contributed by atoms with Crippen molar-refractivity contribution >= 4 is 15.9 Å².